The van der Waals surface area contributed by atoms with Gasteiger partial charge >= 0.3 is 0 Å². The first-order valence-electron chi connectivity index (χ1n) is 12.2. The van der Waals surface area contributed by atoms with E-state index >= 15 is 0 Å². The van der Waals surface area contributed by atoms with Crippen LogP contribution in [0.25, 0.3) is 0 Å². The Morgan fingerprint density at radius 3 is 2.97 bits per heavy atom. The highest BCUT2D eigenvalue weighted by atomic mass is 79.9. The number of alkyl halides is 1. The third-order valence-electron chi connectivity index (χ3n) is 7.25. The molecule has 3 atom stereocenters. The predicted molar refractivity (Wildman–Crippen MR) is 139 cm³/mol. The zero-order chi connectivity index (χ0) is 25.0. The number of nitrogens with zero attached hydrogens (tertiary/aromatic N) is 3. The van der Waals surface area contributed by atoms with Crippen molar-refractivity contribution in [3.05, 3.63) is 26.9 Å². The molecule has 7 nitrogen and oxygen atoms in total. The van der Waals surface area contributed by atoms with E-state index in [0.29, 0.717) is 41.3 Å². The van der Waals surface area contributed by atoms with Gasteiger partial charge in [-0.25, -0.2) is 8.78 Å². The minimum Gasteiger partial charge on any atom is -0.378 e. The summed E-state index contributed by atoms with van der Waals surface area (Å²) in [5.41, 5.74) is 0.855. The number of anilines is 1. The summed E-state index contributed by atoms with van der Waals surface area (Å²) in [5.74, 6) is 0.236. The molecule has 0 saturated carbocycles. The number of likely N-dealkylation sites (tertiary alicyclic amines) is 1. The van der Waals surface area contributed by atoms with Gasteiger partial charge < -0.3 is 25.0 Å². The Kier molecular flexibility index (Phi) is 9.26. The summed E-state index contributed by atoms with van der Waals surface area (Å²) in [6.07, 6.45) is 3.76. The molecule has 0 bridgehead atoms. The van der Waals surface area contributed by atoms with E-state index in [-0.39, 0.29) is 16.7 Å². The summed E-state index contributed by atoms with van der Waals surface area (Å²) >= 11 is 9.42. The van der Waals surface area contributed by atoms with Gasteiger partial charge in [0.1, 0.15) is 18.7 Å². The summed E-state index contributed by atoms with van der Waals surface area (Å²) in [5, 5.41) is 6.85. The van der Waals surface area contributed by atoms with Crippen molar-refractivity contribution < 1.29 is 18.3 Å². The lowest BCUT2D eigenvalue weighted by Gasteiger charge is -2.35. The Balaban J connectivity index is 0.000000266. The van der Waals surface area contributed by atoms with Gasteiger partial charge in [0.25, 0.3) is 0 Å². The van der Waals surface area contributed by atoms with Crippen LogP contribution in [0.5, 0.6) is 0 Å². The van der Waals surface area contributed by atoms with Crippen LogP contribution in [0.4, 0.5) is 14.5 Å². The van der Waals surface area contributed by atoms with E-state index in [1.54, 1.807) is 20.2 Å². The quantitative estimate of drug-likeness (QED) is 0.245. The number of nitrogens with one attached hydrogen (secondary N) is 2. The number of hydrogen-bond donors (Lipinski definition) is 2. The van der Waals surface area contributed by atoms with Gasteiger partial charge in [-0.3, -0.25) is 9.89 Å². The second-order valence-corrected chi connectivity index (χ2v) is 10.8. The number of aliphatic imine (C=N–C) groups is 1. The molecule has 35 heavy (non-hydrogen) atoms. The van der Waals surface area contributed by atoms with E-state index in [1.165, 1.54) is 12.8 Å². The second kappa shape index (κ2) is 12.0. The molecule has 4 heterocycles. The van der Waals surface area contributed by atoms with Gasteiger partial charge in [-0.1, -0.05) is 11.6 Å². The molecule has 0 aromatic heterocycles. The van der Waals surface area contributed by atoms with Crippen LogP contribution in [-0.4, -0.2) is 100 Å². The van der Waals surface area contributed by atoms with Crippen LogP contribution in [0.3, 0.4) is 0 Å². The highest BCUT2D eigenvalue weighted by Crippen LogP contribution is 2.36. The summed E-state index contributed by atoms with van der Waals surface area (Å²) < 4.78 is 38.4. The van der Waals surface area contributed by atoms with Crippen LogP contribution in [0.2, 0.25) is 5.02 Å². The maximum Gasteiger partial charge on any atom is 0.162 e. The summed E-state index contributed by atoms with van der Waals surface area (Å²) in [6.45, 7) is 5.83. The number of methoxy groups -OCH3 is 1. The number of fused-ring (bicyclic) bond motifs is 1. The van der Waals surface area contributed by atoms with E-state index < -0.39 is 12.0 Å². The Morgan fingerprint density at radius 1 is 1.46 bits per heavy atom. The normalized spacial score (nSPS) is 28.9. The van der Waals surface area contributed by atoms with E-state index in [1.807, 2.05) is 0 Å². The second-order valence-electron chi connectivity index (χ2n) is 9.62. The number of morpholine rings is 1. The monoisotopic (exact) mass is 577 g/mol. The molecule has 196 valence electrons. The van der Waals surface area contributed by atoms with E-state index in [4.69, 9.17) is 21.1 Å². The average Bonchev–Trinajstić information content (AvgIpc) is 3.54. The highest BCUT2D eigenvalue weighted by Gasteiger charge is 2.41. The molecule has 4 fully saturated rings. The third kappa shape index (κ3) is 6.10. The molecular weight excluding hydrogens is 544 g/mol. The first-order valence-corrected chi connectivity index (χ1v) is 13.4. The standard InChI is InChI=1S/C17H23BrClFN4O2.C7H12FN/c1-21-16(24-5-3-17(8-24)9-26-6-4-23-17)11-7-12(19)13(18)14(20)15(11)22-10-25-2;8-6-4-7-2-1-3-9(7)5-6/h7,22-23H,3-6,8-10H2,1-2H3;6-7H,1-5H2. The molecule has 4 aliphatic rings. The number of halogens is 4. The maximum atomic E-state index is 14.8. The van der Waals surface area contributed by atoms with Gasteiger partial charge in [0, 0.05) is 51.9 Å². The lowest BCUT2D eigenvalue weighted by Crippen LogP contribution is -2.56. The molecule has 0 aliphatic carbocycles. The number of benzene rings is 1. The topological polar surface area (TPSA) is 61.4 Å². The smallest absolute Gasteiger partial charge is 0.162 e. The minimum atomic E-state index is -0.518. The fourth-order valence-corrected chi connectivity index (χ4v) is 6.07. The molecule has 0 radical (unpaired) electrons. The molecule has 0 amide bonds. The Morgan fingerprint density at radius 2 is 2.29 bits per heavy atom. The summed E-state index contributed by atoms with van der Waals surface area (Å²) in [4.78, 5) is 8.89. The van der Waals surface area contributed by atoms with Gasteiger partial charge in [0.2, 0.25) is 0 Å². The minimum absolute atomic E-state index is 0.0774. The largest absolute Gasteiger partial charge is 0.378 e. The van der Waals surface area contributed by atoms with Crippen molar-refractivity contribution in [2.75, 3.05) is 72.1 Å². The SMILES string of the molecule is CN=C(c1cc(Cl)c(Br)c(F)c1NCOC)N1CCC2(COCCN2)C1.FC1CC2CCCN2C1. The lowest BCUT2D eigenvalue weighted by molar-refractivity contribution is 0.0336. The summed E-state index contributed by atoms with van der Waals surface area (Å²) in [6, 6.07) is 2.34. The van der Waals surface area contributed by atoms with Crippen LogP contribution in [0, 0.1) is 5.82 Å². The van der Waals surface area contributed by atoms with Gasteiger partial charge in [0.05, 0.1) is 33.9 Å². The first kappa shape index (κ1) is 27.0. The van der Waals surface area contributed by atoms with Crippen molar-refractivity contribution in [1.29, 1.82) is 0 Å². The van der Waals surface area contributed by atoms with Gasteiger partial charge in [-0.15, -0.1) is 0 Å². The maximum absolute atomic E-state index is 14.8. The van der Waals surface area contributed by atoms with Crippen molar-refractivity contribution in [1.82, 2.24) is 15.1 Å². The van der Waals surface area contributed by atoms with Crippen molar-refractivity contribution >= 4 is 39.1 Å². The molecule has 3 unspecified atom stereocenters. The molecule has 2 N–H and O–H groups in total. The summed E-state index contributed by atoms with van der Waals surface area (Å²) in [7, 11) is 3.25. The fraction of sp³-hybridized carbons (Fsp3) is 0.708. The third-order valence-corrected chi connectivity index (χ3v) is 8.55. The van der Waals surface area contributed by atoms with E-state index in [0.717, 1.165) is 45.6 Å². The molecule has 1 spiro atoms. The van der Waals surface area contributed by atoms with Crippen molar-refractivity contribution in [3.8, 4) is 0 Å². The molecular formula is C24H35BrClF2N5O2. The van der Waals surface area contributed by atoms with Crippen LogP contribution in [0.15, 0.2) is 15.5 Å². The van der Waals surface area contributed by atoms with Crippen LogP contribution >= 0.6 is 27.5 Å². The lowest BCUT2D eigenvalue weighted by atomic mass is 9.99. The van der Waals surface area contributed by atoms with Crippen molar-refractivity contribution in [2.24, 2.45) is 4.99 Å². The van der Waals surface area contributed by atoms with Crippen molar-refractivity contribution in [2.45, 2.75) is 43.4 Å². The number of hydrogen-bond acceptors (Lipinski definition) is 6. The van der Waals surface area contributed by atoms with Crippen molar-refractivity contribution in [3.63, 3.8) is 0 Å². The predicted octanol–water partition coefficient (Wildman–Crippen LogP) is 3.89. The zero-order valence-electron chi connectivity index (χ0n) is 20.4. The molecule has 1 aromatic rings. The number of rotatable bonds is 4. The van der Waals surface area contributed by atoms with Gasteiger partial charge in [-0.05, 0) is 54.2 Å². The Hall–Kier alpha value is -1.04. The van der Waals surface area contributed by atoms with Crippen LogP contribution in [0.1, 0.15) is 31.2 Å². The Bertz CT molecular complexity index is 906. The first-order chi connectivity index (χ1) is 16.9. The van der Waals surface area contributed by atoms with Gasteiger partial charge in [-0.2, -0.15) is 0 Å². The highest BCUT2D eigenvalue weighted by molar-refractivity contribution is 9.10. The molecule has 4 saturated heterocycles. The van der Waals surface area contributed by atoms with E-state index in [2.05, 4.69) is 41.4 Å². The average molecular weight is 579 g/mol. The van der Waals surface area contributed by atoms with Crippen LogP contribution < -0.4 is 10.6 Å². The number of amidine groups is 1. The molecule has 1 aromatic carbocycles. The zero-order valence-corrected chi connectivity index (χ0v) is 22.7. The number of ether oxygens (including phenoxy) is 2. The van der Waals surface area contributed by atoms with Crippen LogP contribution in [-0.2, 0) is 9.47 Å². The Labute approximate surface area is 219 Å². The molecule has 5 rings (SSSR count). The van der Waals surface area contributed by atoms with Gasteiger partial charge in [0.15, 0.2) is 5.82 Å². The fourth-order valence-electron chi connectivity index (χ4n) is 5.57. The van der Waals surface area contributed by atoms with E-state index in [9.17, 15) is 8.78 Å². The molecule has 4 aliphatic heterocycles. The molecule has 11 heteroatoms.